The van der Waals surface area contributed by atoms with Crippen LogP contribution in [0.3, 0.4) is 0 Å². The Hall–Kier alpha value is -8.74. The first-order valence-electron chi connectivity index (χ1n) is 23.3. The first kappa shape index (κ1) is 31.2. The van der Waals surface area contributed by atoms with Gasteiger partial charge in [0.25, 0.3) is 0 Å². The number of nitrogens with zero attached hydrogens (tertiary/aromatic N) is 5. The molecule has 0 saturated carbocycles. The first-order chi connectivity index (χ1) is 33.4. The zero-order chi connectivity index (χ0) is 45.4. The van der Waals surface area contributed by atoms with E-state index >= 15 is 0 Å². The van der Waals surface area contributed by atoms with Crippen LogP contribution in [0.5, 0.6) is 0 Å². The zero-order valence-corrected chi connectivity index (χ0v) is 34.0. The third-order valence-corrected chi connectivity index (χ3v) is 12.8. The lowest BCUT2D eigenvalue weighted by molar-refractivity contribution is 0.669. The lowest BCUT2D eigenvalue weighted by Crippen LogP contribution is -2.09. The number of aromatic nitrogens is 5. The minimum atomic E-state index is -0.327. The average molecular weight is 822 g/mol. The van der Waals surface area contributed by atoms with Crippen LogP contribution >= 0.6 is 0 Å². The summed E-state index contributed by atoms with van der Waals surface area (Å²) >= 11 is 0. The largest absolute Gasteiger partial charge is 0.456 e. The van der Waals surface area contributed by atoms with Crippen LogP contribution in [0, 0.1) is 0 Å². The van der Waals surface area contributed by atoms with Gasteiger partial charge in [-0.3, -0.25) is 9.13 Å². The highest BCUT2D eigenvalue weighted by molar-refractivity contribution is 6.13. The summed E-state index contributed by atoms with van der Waals surface area (Å²) in [7, 11) is 0. The number of fused-ring (bicyclic) bond motifs is 12. The Morgan fingerprint density at radius 3 is 1.58 bits per heavy atom. The highest BCUT2D eigenvalue weighted by atomic mass is 16.3. The first-order valence-corrected chi connectivity index (χ1v) is 21.3. The van der Waals surface area contributed by atoms with Crippen LogP contribution in [0.4, 0.5) is 0 Å². The summed E-state index contributed by atoms with van der Waals surface area (Å²) in [5.41, 5.74) is 10.8. The van der Waals surface area contributed by atoms with Gasteiger partial charge in [-0.25, -0.2) is 4.98 Å². The van der Waals surface area contributed by atoms with Crippen molar-refractivity contribution < 1.29 is 9.90 Å². The van der Waals surface area contributed by atoms with Crippen LogP contribution in [0.2, 0.25) is 0 Å². The van der Waals surface area contributed by atoms with Gasteiger partial charge in [-0.2, -0.15) is 4.98 Å². The highest BCUT2D eigenvalue weighted by Crippen LogP contribution is 2.44. The Balaban J connectivity index is 1.17. The van der Waals surface area contributed by atoms with Gasteiger partial charge in [0.2, 0.25) is 5.95 Å². The van der Waals surface area contributed by atoms with E-state index in [1.165, 1.54) is 0 Å². The quantitative estimate of drug-likeness (QED) is 0.174. The van der Waals surface area contributed by atoms with Crippen molar-refractivity contribution in [1.82, 2.24) is 23.7 Å². The molecule has 6 nitrogen and oxygen atoms in total. The third kappa shape index (κ3) is 4.96. The summed E-state index contributed by atoms with van der Waals surface area (Å²) in [6.45, 7) is 0. The van der Waals surface area contributed by atoms with Gasteiger partial charge in [0.15, 0.2) is 0 Å². The van der Waals surface area contributed by atoms with Crippen LogP contribution in [0.25, 0.3) is 127 Å². The van der Waals surface area contributed by atoms with Crippen molar-refractivity contribution >= 4 is 87.4 Å². The molecule has 0 unspecified atom stereocenters. The van der Waals surface area contributed by atoms with Gasteiger partial charge >= 0.3 is 0 Å². The predicted octanol–water partition coefficient (Wildman–Crippen LogP) is 15.0. The molecule has 0 atom stereocenters. The zero-order valence-electron chi connectivity index (χ0n) is 38.0. The molecule has 298 valence electrons. The van der Waals surface area contributed by atoms with E-state index in [2.05, 4.69) is 137 Å². The van der Waals surface area contributed by atoms with E-state index in [0.29, 0.717) is 33.3 Å². The molecule has 0 aliphatic carbocycles. The van der Waals surface area contributed by atoms with Gasteiger partial charge < -0.3 is 8.98 Å². The molecule has 9 aromatic carbocycles. The second kappa shape index (κ2) is 13.4. The van der Waals surface area contributed by atoms with Gasteiger partial charge in [0.05, 0.1) is 50.0 Å². The van der Waals surface area contributed by atoms with Crippen LogP contribution < -0.4 is 0 Å². The summed E-state index contributed by atoms with van der Waals surface area (Å²) in [5.74, 6) is 0.850. The summed E-state index contributed by atoms with van der Waals surface area (Å²) in [6.07, 6.45) is 0. The Kier molecular flexibility index (Phi) is 6.51. The Bertz CT molecular complexity index is 4360. The minimum absolute atomic E-state index is 0.115. The number of rotatable bonds is 5. The van der Waals surface area contributed by atoms with E-state index in [0.717, 1.165) is 87.9 Å². The molecule has 0 saturated heterocycles. The molecular formula is C58H35N5O. The number of hydrogen-bond acceptors (Lipinski definition) is 3. The molecule has 0 amide bonds. The van der Waals surface area contributed by atoms with E-state index in [4.69, 9.17) is 17.1 Å². The standard InChI is InChI=1S/C58H35N5O/c1-8-24-47-38(16-1)39-17-2-9-25-48(39)61(47)53-30-15-23-37(36-32-33-55-45(34-36)44-22-7-14-31-54(44)64-55)57(53)46-35-56(62-49-26-10-3-18-40(49)41-19-4-11-27-50(41)62)60-58(59-46)63-51-28-12-5-20-42(51)43-21-6-13-29-52(43)63/h1-35H/i5D,12D,20D,28D. The summed E-state index contributed by atoms with van der Waals surface area (Å²) < 4.78 is 48.9. The van der Waals surface area contributed by atoms with Gasteiger partial charge in [0, 0.05) is 54.7 Å². The lowest BCUT2D eigenvalue weighted by Gasteiger charge is -2.20. The van der Waals surface area contributed by atoms with Crippen molar-refractivity contribution in [2.24, 2.45) is 0 Å². The van der Waals surface area contributed by atoms with Crippen molar-refractivity contribution in [3.05, 3.63) is 212 Å². The van der Waals surface area contributed by atoms with Crippen molar-refractivity contribution in [1.29, 1.82) is 0 Å². The SMILES string of the molecule is [2H]c1c([2H])c([2H])c2c(c1[2H])c1ccccc1n2-c1nc(-c2c(-c3ccc4oc5ccccc5c4c3)cccc2-n2c3ccccc3c3ccccc32)cc(-n2c3ccccc3c3ccccc32)n1. The predicted molar refractivity (Wildman–Crippen MR) is 263 cm³/mol. The molecule has 0 spiro atoms. The van der Waals surface area contributed by atoms with E-state index in [-0.39, 0.29) is 30.1 Å². The van der Waals surface area contributed by atoms with E-state index < -0.39 is 0 Å². The maximum Gasteiger partial charge on any atom is 0.237 e. The smallest absolute Gasteiger partial charge is 0.237 e. The molecule has 64 heavy (non-hydrogen) atoms. The van der Waals surface area contributed by atoms with Crippen molar-refractivity contribution in [2.75, 3.05) is 0 Å². The minimum Gasteiger partial charge on any atom is -0.456 e. The number of para-hydroxylation sites is 7. The maximum absolute atomic E-state index is 9.43. The third-order valence-electron chi connectivity index (χ3n) is 12.8. The van der Waals surface area contributed by atoms with E-state index in [1.54, 1.807) is 0 Å². The van der Waals surface area contributed by atoms with E-state index in [1.807, 2.05) is 65.2 Å². The van der Waals surface area contributed by atoms with Crippen LogP contribution in [-0.4, -0.2) is 23.7 Å². The molecule has 5 heterocycles. The van der Waals surface area contributed by atoms with E-state index in [9.17, 15) is 2.74 Å². The fourth-order valence-corrected chi connectivity index (χ4v) is 10.1. The molecule has 0 bridgehead atoms. The summed E-state index contributed by atoms with van der Waals surface area (Å²) in [5, 5.41) is 7.50. The van der Waals surface area contributed by atoms with Crippen LogP contribution in [0.15, 0.2) is 217 Å². The lowest BCUT2D eigenvalue weighted by atomic mass is 9.94. The van der Waals surface area contributed by atoms with Gasteiger partial charge in [0.1, 0.15) is 17.0 Å². The molecule has 0 aliphatic heterocycles. The molecule has 0 aliphatic rings. The molecule has 0 N–H and O–H groups in total. The molecular weight excluding hydrogens is 783 g/mol. The Labute approximate surface area is 371 Å². The second-order valence-corrected chi connectivity index (χ2v) is 16.2. The van der Waals surface area contributed by atoms with Gasteiger partial charge in [-0.15, -0.1) is 0 Å². The van der Waals surface area contributed by atoms with Crippen molar-refractivity contribution in [2.45, 2.75) is 0 Å². The summed E-state index contributed by atoms with van der Waals surface area (Å²) in [6, 6.07) is 63.3. The molecule has 0 fully saturated rings. The number of furan rings is 1. The van der Waals surface area contributed by atoms with Gasteiger partial charge in [-0.1, -0.05) is 146 Å². The van der Waals surface area contributed by atoms with Crippen LogP contribution in [-0.2, 0) is 0 Å². The molecule has 5 aromatic heterocycles. The summed E-state index contributed by atoms with van der Waals surface area (Å²) in [4.78, 5) is 11.1. The van der Waals surface area contributed by atoms with Crippen LogP contribution in [0.1, 0.15) is 5.48 Å². The normalized spacial score (nSPS) is 12.9. The van der Waals surface area contributed by atoms with Gasteiger partial charge in [-0.05, 0) is 71.8 Å². The molecule has 6 heteroatoms. The average Bonchev–Trinajstić information content (AvgIpc) is 4.13. The number of hydrogen-bond donors (Lipinski definition) is 0. The maximum atomic E-state index is 9.43. The fraction of sp³-hybridized carbons (Fsp3) is 0. The molecule has 14 rings (SSSR count). The molecule has 0 radical (unpaired) electrons. The molecule has 14 aromatic rings. The Morgan fingerprint density at radius 2 is 0.922 bits per heavy atom. The Morgan fingerprint density at radius 1 is 0.391 bits per heavy atom. The van der Waals surface area contributed by atoms with Crippen molar-refractivity contribution in [3.63, 3.8) is 0 Å². The number of benzene rings is 9. The van der Waals surface area contributed by atoms with Crippen molar-refractivity contribution in [3.8, 4) is 39.8 Å². The second-order valence-electron chi connectivity index (χ2n) is 16.2. The topological polar surface area (TPSA) is 53.7 Å². The highest BCUT2D eigenvalue weighted by Gasteiger charge is 2.24. The monoisotopic (exact) mass is 821 g/mol. The fourth-order valence-electron chi connectivity index (χ4n) is 10.1.